The van der Waals surface area contributed by atoms with E-state index >= 15 is 0 Å². The van der Waals surface area contributed by atoms with Crippen LogP contribution in [0.5, 0.6) is 0 Å². The number of halogens is 1. The zero-order valence-electron chi connectivity index (χ0n) is 26.8. The van der Waals surface area contributed by atoms with Crippen molar-refractivity contribution in [1.29, 1.82) is 0 Å². The maximum Gasteiger partial charge on any atom is 0.275 e. The van der Waals surface area contributed by atoms with Crippen LogP contribution < -0.4 is 5.32 Å². The van der Waals surface area contributed by atoms with E-state index in [0.717, 1.165) is 54.5 Å². The Labute approximate surface area is 269 Å². The first-order valence-corrected chi connectivity index (χ1v) is 16.7. The zero-order chi connectivity index (χ0) is 31.9. The molecule has 1 aliphatic heterocycles. The van der Waals surface area contributed by atoms with E-state index in [1.54, 1.807) is 0 Å². The van der Waals surface area contributed by atoms with Crippen LogP contribution in [-0.4, -0.2) is 48.7 Å². The lowest BCUT2D eigenvalue weighted by molar-refractivity contribution is -0.133. The predicted molar refractivity (Wildman–Crippen MR) is 175 cm³/mol. The molecule has 11 heteroatoms. The van der Waals surface area contributed by atoms with Crippen LogP contribution in [0.15, 0.2) is 35.3 Å². The van der Waals surface area contributed by atoms with E-state index in [9.17, 15) is 9.59 Å². The number of H-pyrrole nitrogens is 1. The summed E-state index contributed by atoms with van der Waals surface area (Å²) in [5, 5.41) is 17.2. The molecule has 2 amide bonds. The molecule has 3 heterocycles. The van der Waals surface area contributed by atoms with Crippen LogP contribution in [0.25, 0.3) is 0 Å². The molecule has 44 heavy (non-hydrogen) atoms. The number of aromatic amines is 1. The van der Waals surface area contributed by atoms with Crippen molar-refractivity contribution in [2.24, 2.45) is 21.7 Å². The number of aromatic nitrogens is 4. The first kappa shape index (κ1) is 32.3. The predicted octanol–water partition coefficient (Wildman–Crippen LogP) is 7.28. The summed E-state index contributed by atoms with van der Waals surface area (Å²) >= 11 is 7.92. The number of nitrogens with one attached hydrogen (secondary N) is 2. The smallest absolute Gasteiger partial charge is 0.275 e. The van der Waals surface area contributed by atoms with Gasteiger partial charge in [-0.25, -0.2) is 0 Å². The van der Waals surface area contributed by atoms with Crippen LogP contribution in [0.3, 0.4) is 0 Å². The molecule has 1 spiro atoms. The van der Waals surface area contributed by atoms with Crippen LogP contribution in [0.4, 0.5) is 0 Å². The Morgan fingerprint density at radius 2 is 1.89 bits per heavy atom. The number of hydrogen-bond acceptors (Lipinski definition) is 7. The van der Waals surface area contributed by atoms with E-state index in [-0.39, 0.29) is 35.2 Å². The highest BCUT2D eigenvalue weighted by atomic mass is 35.5. The second-order valence-electron chi connectivity index (χ2n) is 14.6. The molecule has 2 N–H and O–H groups in total. The van der Waals surface area contributed by atoms with Gasteiger partial charge in [-0.15, -0.1) is 21.5 Å². The normalized spacial score (nSPS) is 21.5. The second-order valence-corrected chi connectivity index (χ2v) is 16.2. The minimum atomic E-state index is -0.641. The number of aryl methyl sites for hydroxylation is 1. The number of carbonyl (C=O) groups is 2. The van der Waals surface area contributed by atoms with Gasteiger partial charge >= 0.3 is 0 Å². The number of benzene rings is 1. The zero-order valence-corrected chi connectivity index (χ0v) is 28.4. The minimum absolute atomic E-state index is 0.0590. The number of hydrogen-bond donors (Lipinski definition) is 2. The summed E-state index contributed by atoms with van der Waals surface area (Å²) in [6, 6.07) is 9.38. The molecule has 5 rings (SSSR count). The molecule has 1 aromatic carbocycles. The van der Waals surface area contributed by atoms with Crippen molar-refractivity contribution < 1.29 is 9.59 Å². The molecule has 2 aliphatic rings. The molecule has 9 nitrogen and oxygen atoms in total. The highest BCUT2D eigenvalue weighted by Crippen LogP contribution is 2.51. The van der Waals surface area contributed by atoms with Gasteiger partial charge in [-0.05, 0) is 98.1 Å². The molecule has 1 saturated carbocycles. The number of aliphatic imine (C=N–C) groups is 1. The molecule has 0 bridgehead atoms. The molecule has 0 saturated heterocycles. The van der Waals surface area contributed by atoms with Crippen LogP contribution in [-0.2, 0) is 11.3 Å². The van der Waals surface area contributed by atoms with E-state index in [0.29, 0.717) is 27.4 Å². The van der Waals surface area contributed by atoms with Crippen LogP contribution >= 0.6 is 22.9 Å². The number of tetrazole rings is 1. The fourth-order valence-corrected chi connectivity index (χ4v) is 7.87. The summed E-state index contributed by atoms with van der Waals surface area (Å²) < 4.78 is 0. The lowest BCUT2D eigenvalue weighted by atomic mass is 9.69. The third kappa shape index (κ3) is 7.07. The SMILES string of the molecule is Cc1cc(Cl)cc(C2=NC3(CCC(C(C)(C)C)CC3)N(C(CCC(C)(C)C)c3ccc(C(=O)NCc4nn[nH]n4)s3)C2=O)c1. The third-order valence-corrected chi connectivity index (χ3v) is 10.4. The lowest BCUT2D eigenvalue weighted by Gasteiger charge is -2.47. The average Bonchev–Trinajstić information content (AvgIpc) is 3.68. The molecule has 0 radical (unpaired) electrons. The van der Waals surface area contributed by atoms with E-state index in [4.69, 9.17) is 16.6 Å². The molecule has 2 aromatic heterocycles. The summed E-state index contributed by atoms with van der Waals surface area (Å²) in [5.41, 5.74) is 1.86. The van der Waals surface area contributed by atoms with Gasteiger partial charge in [0.1, 0.15) is 11.4 Å². The molecular weight excluding hydrogens is 594 g/mol. The summed E-state index contributed by atoms with van der Waals surface area (Å²) in [6.45, 7) is 15.8. The Morgan fingerprint density at radius 3 is 2.50 bits per heavy atom. The van der Waals surface area contributed by atoms with Gasteiger partial charge in [-0.2, -0.15) is 5.21 Å². The second kappa shape index (κ2) is 12.4. The number of nitrogens with zero attached hydrogens (tertiary/aromatic N) is 5. The van der Waals surface area contributed by atoms with Gasteiger partial charge in [0.25, 0.3) is 11.8 Å². The largest absolute Gasteiger partial charge is 0.344 e. The topological polar surface area (TPSA) is 116 Å². The summed E-state index contributed by atoms with van der Waals surface area (Å²) in [7, 11) is 0. The van der Waals surface area contributed by atoms with E-state index in [1.807, 2.05) is 37.3 Å². The maximum absolute atomic E-state index is 14.6. The van der Waals surface area contributed by atoms with Crippen LogP contribution in [0.2, 0.25) is 5.02 Å². The standard InChI is InChI=1S/C33H44ClN7O2S/c1-20-16-21(18-23(34)17-20)28-30(43)41(33(36-28)14-10-22(11-15-33)32(5,6)7)24(12-13-31(2,3)4)25-8-9-26(44-25)29(42)35-19-27-37-39-40-38-27/h8-9,16-18,22,24H,10-15,19H2,1-7H3,(H,35,42)(H,37,38,39,40). The van der Waals surface area contributed by atoms with Gasteiger partial charge in [-0.1, -0.05) is 58.4 Å². The number of rotatable bonds is 8. The molecular formula is C33H44ClN7O2S. The molecule has 1 atom stereocenters. The van der Waals surface area contributed by atoms with Gasteiger partial charge in [0, 0.05) is 15.5 Å². The van der Waals surface area contributed by atoms with Gasteiger partial charge in [-0.3, -0.25) is 14.6 Å². The van der Waals surface area contributed by atoms with Gasteiger partial charge in [0.05, 0.1) is 17.5 Å². The Morgan fingerprint density at radius 1 is 1.16 bits per heavy atom. The molecule has 1 unspecified atom stereocenters. The lowest BCUT2D eigenvalue weighted by Crippen LogP contribution is -2.51. The van der Waals surface area contributed by atoms with E-state index in [1.165, 1.54) is 11.3 Å². The van der Waals surface area contributed by atoms with Crippen LogP contribution in [0.1, 0.15) is 118 Å². The van der Waals surface area contributed by atoms with Crippen LogP contribution in [0, 0.1) is 23.7 Å². The average molecular weight is 638 g/mol. The highest BCUT2D eigenvalue weighted by Gasteiger charge is 2.53. The number of carbonyl (C=O) groups excluding carboxylic acids is 2. The molecule has 236 valence electrons. The first-order chi connectivity index (χ1) is 20.6. The first-order valence-electron chi connectivity index (χ1n) is 15.5. The van der Waals surface area contributed by atoms with Gasteiger partial charge in [0.2, 0.25) is 0 Å². The Kier molecular flexibility index (Phi) is 9.06. The van der Waals surface area contributed by atoms with E-state index < -0.39 is 5.66 Å². The fourth-order valence-electron chi connectivity index (χ4n) is 6.53. The summed E-state index contributed by atoms with van der Waals surface area (Å²) in [6.07, 6.45) is 5.28. The minimum Gasteiger partial charge on any atom is -0.344 e. The quantitative estimate of drug-likeness (QED) is 0.269. The molecule has 1 aliphatic carbocycles. The van der Waals surface area contributed by atoms with Crippen molar-refractivity contribution in [2.45, 2.75) is 105 Å². The van der Waals surface area contributed by atoms with Gasteiger partial charge < -0.3 is 10.2 Å². The van der Waals surface area contributed by atoms with Crippen molar-refractivity contribution in [2.75, 3.05) is 0 Å². The monoisotopic (exact) mass is 637 g/mol. The Hall–Kier alpha value is -3.11. The fraction of sp³-hybridized carbons (Fsp3) is 0.576. The van der Waals surface area contributed by atoms with Crippen molar-refractivity contribution >= 4 is 40.5 Å². The van der Waals surface area contributed by atoms with Gasteiger partial charge in [0.15, 0.2) is 5.82 Å². The summed E-state index contributed by atoms with van der Waals surface area (Å²) in [5.74, 6) is 0.702. The summed E-state index contributed by atoms with van der Waals surface area (Å²) in [4.78, 5) is 36.7. The highest BCUT2D eigenvalue weighted by molar-refractivity contribution is 7.14. The van der Waals surface area contributed by atoms with Crippen molar-refractivity contribution in [3.63, 3.8) is 0 Å². The number of amides is 2. The van der Waals surface area contributed by atoms with Crippen molar-refractivity contribution in [3.05, 3.63) is 62.1 Å². The molecule has 1 fully saturated rings. The third-order valence-electron chi connectivity index (χ3n) is 8.97. The number of thiophene rings is 1. The van der Waals surface area contributed by atoms with Crippen molar-refractivity contribution in [1.82, 2.24) is 30.8 Å². The maximum atomic E-state index is 14.6. The Balaban J connectivity index is 1.52. The Bertz CT molecular complexity index is 1510. The van der Waals surface area contributed by atoms with E-state index in [2.05, 4.69) is 72.4 Å². The molecule has 3 aromatic rings. The van der Waals surface area contributed by atoms with Crippen molar-refractivity contribution in [3.8, 4) is 0 Å².